The van der Waals surface area contributed by atoms with Crippen LogP contribution in [0.4, 0.5) is 11.4 Å². The molecule has 0 saturated carbocycles. The van der Waals surface area contributed by atoms with Crippen molar-refractivity contribution in [3.63, 3.8) is 0 Å². The molecule has 0 aromatic heterocycles. The van der Waals surface area contributed by atoms with Crippen LogP contribution in [0.15, 0.2) is 34.3 Å². The second-order valence-electron chi connectivity index (χ2n) is 7.99. The Morgan fingerprint density at radius 3 is 1.52 bits per heavy atom. The highest BCUT2D eigenvalue weighted by Crippen LogP contribution is 2.37. The smallest absolute Gasteiger partial charge is 0.211 e. The molecule has 152 valence electrons. The van der Waals surface area contributed by atoms with E-state index in [1.54, 1.807) is 12.2 Å². The van der Waals surface area contributed by atoms with Crippen LogP contribution in [0, 0.1) is 0 Å². The summed E-state index contributed by atoms with van der Waals surface area (Å²) in [5.74, 6) is 0.502. The highest BCUT2D eigenvalue weighted by molar-refractivity contribution is 5.63. The van der Waals surface area contributed by atoms with Gasteiger partial charge in [0.15, 0.2) is 0 Å². The van der Waals surface area contributed by atoms with Gasteiger partial charge in [0.2, 0.25) is 12.2 Å². The zero-order chi connectivity index (χ0) is 21.6. The molecule has 2 aromatic carbocycles. The number of aliphatic imine (C=N–C) groups is 2. The molecule has 4 heteroatoms. The summed E-state index contributed by atoms with van der Waals surface area (Å²) < 4.78 is 0. The summed E-state index contributed by atoms with van der Waals surface area (Å²) in [6.07, 6.45) is 5.81. The molecule has 2 rings (SSSR count). The normalized spacial score (nSPS) is 10.8. The van der Waals surface area contributed by atoms with Crippen LogP contribution in [0.25, 0.3) is 0 Å². The van der Waals surface area contributed by atoms with Crippen LogP contribution < -0.4 is 0 Å². The first-order valence-corrected chi connectivity index (χ1v) is 10.3. The van der Waals surface area contributed by atoms with E-state index in [0.29, 0.717) is 0 Å². The molecule has 0 amide bonds. The Balaban J connectivity index is 2.62. The lowest BCUT2D eigenvalue weighted by atomic mass is 9.88. The number of hydrogen-bond acceptors (Lipinski definition) is 4. The summed E-state index contributed by atoms with van der Waals surface area (Å²) in [5, 5.41) is 0. The van der Waals surface area contributed by atoms with Crippen molar-refractivity contribution < 1.29 is 9.59 Å². The summed E-state index contributed by atoms with van der Waals surface area (Å²) in [5.41, 5.74) is 8.18. The van der Waals surface area contributed by atoms with Gasteiger partial charge in [-0.3, -0.25) is 0 Å². The monoisotopic (exact) mass is 390 g/mol. The minimum Gasteiger partial charge on any atom is -0.211 e. The van der Waals surface area contributed by atoms with E-state index < -0.39 is 0 Å². The molecule has 2 aromatic rings. The van der Waals surface area contributed by atoms with E-state index in [-0.39, 0.29) is 11.8 Å². The van der Waals surface area contributed by atoms with Crippen molar-refractivity contribution in [2.45, 2.75) is 72.6 Å². The van der Waals surface area contributed by atoms with Crippen LogP contribution >= 0.6 is 0 Å². The molecule has 0 unspecified atom stereocenters. The van der Waals surface area contributed by atoms with Gasteiger partial charge in [0.1, 0.15) is 0 Å². The SMILES string of the molecule is CCc1cc(Cc2cc(C(C)C)c(N=C=O)c(C(C)C)c2)cc(CC)c1N=C=O. The molecule has 0 fully saturated rings. The molecular weight excluding hydrogens is 360 g/mol. The maximum Gasteiger partial charge on any atom is 0.240 e. The lowest BCUT2D eigenvalue weighted by Crippen LogP contribution is -2.01. The van der Waals surface area contributed by atoms with Crippen LogP contribution in [0.1, 0.15) is 86.8 Å². The van der Waals surface area contributed by atoms with Crippen LogP contribution in [-0.2, 0) is 28.9 Å². The van der Waals surface area contributed by atoms with Crippen LogP contribution in [0.2, 0.25) is 0 Å². The van der Waals surface area contributed by atoms with Gasteiger partial charge in [0.25, 0.3) is 0 Å². The topological polar surface area (TPSA) is 58.9 Å². The average Bonchev–Trinajstić information content (AvgIpc) is 2.69. The average molecular weight is 391 g/mol. The zero-order valence-electron chi connectivity index (χ0n) is 18.3. The summed E-state index contributed by atoms with van der Waals surface area (Å²) in [4.78, 5) is 29.8. The van der Waals surface area contributed by atoms with Gasteiger partial charge in [-0.05, 0) is 64.5 Å². The molecule has 0 radical (unpaired) electrons. The van der Waals surface area contributed by atoms with Crippen molar-refractivity contribution in [2.24, 2.45) is 9.98 Å². The van der Waals surface area contributed by atoms with Gasteiger partial charge < -0.3 is 0 Å². The molecule has 0 N–H and O–H groups in total. The molecule has 29 heavy (non-hydrogen) atoms. The lowest BCUT2D eigenvalue weighted by Gasteiger charge is -2.19. The molecule has 4 nitrogen and oxygen atoms in total. The number of carbonyl (C=O) groups excluding carboxylic acids is 2. The minimum absolute atomic E-state index is 0.251. The standard InChI is InChI=1S/C25H30N2O2/c1-7-20-10-18(11-21(8-2)24(20)26-14-28)9-19-12-22(16(3)4)25(27-15-29)23(13-19)17(5)6/h10-13,16-17H,7-9H2,1-6H3. The molecule has 0 aliphatic rings. The van der Waals surface area contributed by atoms with E-state index in [1.807, 2.05) is 0 Å². The van der Waals surface area contributed by atoms with Gasteiger partial charge in [-0.1, -0.05) is 65.8 Å². The van der Waals surface area contributed by atoms with Gasteiger partial charge in [0.05, 0.1) is 11.4 Å². The Morgan fingerprint density at radius 2 is 1.14 bits per heavy atom. The Hall–Kier alpha value is -2.80. The zero-order valence-corrected chi connectivity index (χ0v) is 18.3. The third-order valence-electron chi connectivity index (χ3n) is 5.29. The van der Waals surface area contributed by atoms with E-state index >= 15 is 0 Å². The lowest BCUT2D eigenvalue weighted by molar-refractivity contribution is 0.564. The summed E-state index contributed by atoms with van der Waals surface area (Å²) in [6, 6.07) is 8.58. The second kappa shape index (κ2) is 10.1. The van der Waals surface area contributed by atoms with Crippen molar-refractivity contribution in [1.29, 1.82) is 0 Å². The third-order valence-corrected chi connectivity index (χ3v) is 5.29. The highest BCUT2D eigenvalue weighted by atomic mass is 16.1. The van der Waals surface area contributed by atoms with Gasteiger partial charge in [0, 0.05) is 0 Å². The molecule has 0 atom stereocenters. The van der Waals surface area contributed by atoms with E-state index in [1.165, 1.54) is 11.1 Å². The number of hydrogen-bond donors (Lipinski definition) is 0. The summed E-state index contributed by atoms with van der Waals surface area (Å²) in [6.45, 7) is 12.6. The van der Waals surface area contributed by atoms with Crippen LogP contribution in [0.5, 0.6) is 0 Å². The fourth-order valence-electron chi connectivity index (χ4n) is 3.80. The molecule has 0 aliphatic carbocycles. The van der Waals surface area contributed by atoms with Crippen molar-refractivity contribution in [3.05, 3.63) is 57.6 Å². The molecule has 0 heterocycles. The number of isocyanates is 2. The van der Waals surface area contributed by atoms with E-state index in [9.17, 15) is 9.59 Å². The molecular formula is C25H30N2O2. The molecule has 0 bridgehead atoms. The Kier molecular flexibility index (Phi) is 7.84. The first kappa shape index (κ1) is 22.5. The van der Waals surface area contributed by atoms with Gasteiger partial charge in [-0.15, -0.1) is 0 Å². The third kappa shape index (κ3) is 5.17. The number of benzene rings is 2. The molecule has 0 aliphatic heterocycles. The molecule has 0 saturated heterocycles. The Bertz CT molecular complexity index is 922. The number of nitrogens with zero attached hydrogens (tertiary/aromatic N) is 2. The maximum atomic E-state index is 11.0. The molecule has 0 spiro atoms. The quantitative estimate of drug-likeness (QED) is 0.377. The highest BCUT2D eigenvalue weighted by Gasteiger charge is 2.17. The van der Waals surface area contributed by atoms with Crippen LogP contribution in [-0.4, -0.2) is 12.2 Å². The van der Waals surface area contributed by atoms with Crippen molar-refractivity contribution >= 4 is 23.5 Å². The Labute approximate surface area is 173 Å². The Morgan fingerprint density at radius 1 is 0.724 bits per heavy atom. The van der Waals surface area contributed by atoms with Crippen molar-refractivity contribution in [2.75, 3.05) is 0 Å². The van der Waals surface area contributed by atoms with Crippen LogP contribution in [0.3, 0.4) is 0 Å². The minimum atomic E-state index is 0.251. The van der Waals surface area contributed by atoms with Gasteiger partial charge in [-0.2, -0.15) is 9.98 Å². The first-order valence-electron chi connectivity index (χ1n) is 10.3. The summed E-state index contributed by atoms with van der Waals surface area (Å²) in [7, 11) is 0. The predicted molar refractivity (Wildman–Crippen MR) is 118 cm³/mol. The predicted octanol–water partition coefficient (Wildman–Crippen LogP) is 6.58. The number of rotatable bonds is 8. The largest absolute Gasteiger partial charge is 0.240 e. The second-order valence-corrected chi connectivity index (χ2v) is 7.99. The number of aryl methyl sites for hydroxylation is 2. The first-order chi connectivity index (χ1) is 13.9. The fraction of sp³-hybridized carbons (Fsp3) is 0.440. The van der Waals surface area contributed by atoms with Gasteiger partial charge >= 0.3 is 0 Å². The van der Waals surface area contributed by atoms with E-state index in [4.69, 9.17) is 0 Å². The fourth-order valence-corrected chi connectivity index (χ4v) is 3.80. The van der Waals surface area contributed by atoms with Gasteiger partial charge in [-0.25, -0.2) is 9.59 Å². The van der Waals surface area contributed by atoms with Crippen molar-refractivity contribution in [3.8, 4) is 0 Å². The maximum absolute atomic E-state index is 11.0. The summed E-state index contributed by atoms with van der Waals surface area (Å²) >= 11 is 0. The van der Waals surface area contributed by atoms with E-state index in [0.717, 1.165) is 52.9 Å². The van der Waals surface area contributed by atoms with Crippen molar-refractivity contribution in [1.82, 2.24) is 0 Å². The van der Waals surface area contributed by atoms with E-state index in [2.05, 4.69) is 75.8 Å².